The van der Waals surface area contributed by atoms with Gasteiger partial charge in [-0.2, -0.15) is 0 Å². The number of hydrogen-bond donors (Lipinski definition) is 1. The molecule has 0 aliphatic rings. The second-order valence-electron chi connectivity index (χ2n) is 4.21. The van der Waals surface area contributed by atoms with Crippen LogP contribution in [0.4, 0.5) is 16.2 Å². The first kappa shape index (κ1) is 13.0. The van der Waals surface area contributed by atoms with Crippen LogP contribution < -0.4 is 5.32 Å². The number of nitrogens with zero attached hydrogens (tertiary/aromatic N) is 2. The lowest BCUT2D eigenvalue weighted by Gasteiger charge is -2.07. The summed E-state index contributed by atoms with van der Waals surface area (Å²) < 4.78 is 0. The number of carbonyl (C=O) groups excluding carboxylic acids is 1. The Hall–Kier alpha value is -2.49. The van der Waals surface area contributed by atoms with Crippen molar-refractivity contribution in [1.29, 1.82) is 0 Å². The fourth-order valence-electron chi connectivity index (χ4n) is 1.62. The quantitative estimate of drug-likeness (QED) is 0.780. The minimum absolute atomic E-state index is 0.474. The number of carbonyl (C=O) groups is 1. The van der Waals surface area contributed by atoms with E-state index < -0.39 is 6.03 Å². The predicted octanol–water partition coefficient (Wildman–Crippen LogP) is 4.62. The highest BCUT2D eigenvalue weighted by molar-refractivity contribution is 5.90. The molecule has 0 bridgehead atoms. The normalized spacial score (nSPS) is 10.6. The van der Waals surface area contributed by atoms with Gasteiger partial charge in [-0.15, -0.1) is 5.11 Å². The maximum atomic E-state index is 11.7. The molecule has 0 aliphatic carbocycles. The van der Waals surface area contributed by atoms with Gasteiger partial charge in [-0.25, -0.2) is 4.79 Å². The van der Waals surface area contributed by atoms with Crippen molar-refractivity contribution >= 4 is 17.4 Å². The topological polar surface area (TPSA) is 53.8 Å². The summed E-state index contributed by atoms with van der Waals surface area (Å²) in [6.45, 7) is 3.95. The van der Waals surface area contributed by atoms with E-state index in [-0.39, 0.29) is 0 Å². The average molecular weight is 253 g/mol. The lowest BCUT2D eigenvalue weighted by Crippen LogP contribution is -2.07. The Morgan fingerprint density at radius 2 is 1.74 bits per heavy atom. The summed E-state index contributed by atoms with van der Waals surface area (Å²) in [5, 5.41) is 10.2. The molecule has 0 saturated heterocycles. The molecule has 2 rings (SSSR count). The van der Waals surface area contributed by atoms with Gasteiger partial charge < -0.3 is 5.32 Å². The van der Waals surface area contributed by atoms with E-state index in [0.29, 0.717) is 5.69 Å². The number of nitrogens with one attached hydrogen (secondary N) is 1. The first-order chi connectivity index (χ1) is 9.16. The van der Waals surface area contributed by atoms with Gasteiger partial charge in [0.2, 0.25) is 0 Å². The highest BCUT2D eigenvalue weighted by Gasteiger charge is 2.04. The standard InChI is InChI=1S/C15H15N3O/c1-11-7-6-10-14(12(11)2)16-15(19)18-17-13-8-4-3-5-9-13/h3-10H,1-2H3,(H,16,19). The Labute approximate surface area is 112 Å². The third kappa shape index (κ3) is 3.48. The predicted molar refractivity (Wildman–Crippen MR) is 75.9 cm³/mol. The van der Waals surface area contributed by atoms with Gasteiger partial charge in [-0.1, -0.05) is 35.4 Å². The maximum Gasteiger partial charge on any atom is 0.364 e. The van der Waals surface area contributed by atoms with Gasteiger partial charge in [0.05, 0.1) is 5.69 Å². The van der Waals surface area contributed by atoms with Crippen LogP contribution in [0.3, 0.4) is 0 Å². The molecule has 0 saturated carbocycles. The van der Waals surface area contributed by atoms with Crippen molar-refractivity contribution in [2.24, 2.45) is 10.2 Å². The number of hydrogen-bond acceptors (Lipinski definition) is 2. The highest BCUT2D eigenvalue weighted by Crippen LogP contribution is 2.18. The van der Waals surface area contributed by atoms with E-state index >= 15 is 0 Å². The zero-order chi connectivity index (χ0) is 13.7. The summed E-state index contributed by atoms with van der Waals surface area (Å²) in [7, 11) is 0. The molecule has 2 aromatic carbocycles. The fourth-order valence-corrected chi connectivity index (χ4v) is 1.62. The lowest BCUT2D eigenvalue weighted by molar-refractivity contribution is 0.258. The zero-order valence-corrected chi connectivity index (χ0v) is 10.9. The number of azo groups is 1. The number of urea groups is 1. The van der Waals surface area contributed by atoms with Crippen LogP contribution in [0.5, 0.6) is 0 Å². The molecule has 2 aromatic rings. The second-order valence-corrected chi connectivity index (χ2v) is 4.21. The molecule has 19 heavy (non-hydrogen) atoms. The number of anilines is 1. The Morgan fingerprint density at radius 1 is 1.00 bits per heavy atom. The third-order valence-electron chi connectivity index (χ3n) is 2.86. The molecule has 0 aliphatic heterocycles. The van der Waals surface area contributed by atoms with Gasteiger partial charge >= 0.3 is 6.03 Å². The van der Waals surface area contributed by atoms with Crippen molar-refractivity contribution in [3.05, 3.63) is 59.7 Å². The van der Waals surface area contributed by atoms with Crippen LogP contribution >= 0.6 is 0 Å². The number of aryl methyl sites for hydroxylation is 1. The highest BCUT2D eigenvalue weighted by atomic mass is 16.2. The largest absolute Gasteiger partial charge is 0.364 e. The van der Waals surface area contributed by atoms with Crippen molar-refractivity contribution in [1.82, 2.24) is 0 Å². The molecule has 0 fully saturated rings. The first-order valence-corrected chi connectivity index (χ1v) is 6.01. The van der Waals surface area contributed by atoms with Crippen LogP contribution in [0, 0.1) is 13.8 Å². The minimum atomic E-state index is -0.474. The summed E-state index contributed by atoms with van der Waals surface area (Å²) in [4.78, 5) is 11.7. The molecule has 0 heterocycles. The summed E-state index contributed by atoms with van der Waals surface area (Å²) in [6, 6.07) is 14.4. The molecule has 0 atom stereocenters. The van der Waals surface area contributed by atoms with Gasteiger partial charge in [-0.05, 0) is 43.2 Å². The SMILES string of the molecule is Cc1cccc(NC(=O)N=Nc2ccccc2)c1C. The molecule has 4 heteroatoms. The summed E-state index contributed by atoms with van der Waals surface area (Å²) in [5.41, 5.74) is 3.57. The smallest absolute Gasteiger partial charge is 0.305 e. The van der Waals surface area contributed by atoms with Gasteiger partial charge in [0, 0.05) is 5.69 Å². The van der Waals surface area contributed by atoms with Crippen molar-refractivity contribution in [3.8, 4) is 0 Å². The second kappa shape index (κ2) is 5.91. The van der Waals surface area contributed by atoms with Crippen LogP contribution in [-0.2, 0) is 0 Å². The number of amides is 2. The monoisotopic (exact) mass is 253 g/mol. The van der Waals surface area contributed by atoms with E-state index in [9.17, 15) is 4.79 Å². The number of benzene rings is 2. The molecule has 1 N–H and O–H groups in total. The molecule has 0 unspecified atom stereocenters. The molecule has 0 radical (unpaired) electrons. The van der Waals surface area contributed by atoms with Gasteiger partial charge in [0.15, 0.2) is 0 Å². The Kier molecular flexibility index (Phi) is 4.03. The van der Waals surface area contributed by atoms with Crippen molar-refractivity contribution < 1.29 is 4.79 Å². The summed E-state index contributed by atoms with van der Waals surface area (Å²) in [6.07, 6.45) is 0. The Bertz CT molecular complexity index is 606. The van der Waals surface area contributed by atoms with E-state index in [1.807, 2.05) is 50.2 Å². The van der Waals surface area contributed by atoms with E-state index in [0.717, 1.165) is 16.8 Å². The Morgan fingerprint density at radius 3 is 2.47 bits per heavy atom. The molecule has 0 aromatic heterocycles. The van der Waals surface area contributed by atoms with Crippen LogP contribution in [0.15, 0.2) is 58.8 Å². The molecule has 4 nitrogen and oxygen atoms in total. The fraction of sp³-hybridized carbons (Fsp3) is 0.133. The van der Waals surface area contributed by atoms with E-state index in [1.54, 1.807) is 12.1 Å². The van der Waals surface area contributed by atoms with Crippen molar-refractivity contribution in [2.45, 2.75) is 13.8 Å². The van der Waals surface area contributed by atoms with E-state index in [2.05, 4.69) is 15.5 Å². The van der Waals surface area contributed by atoms with Crippen LogP contribution in [0.25, 0.3) is 0 Å². The molecule has 0 spiro atoms. The van der Waals surface area contributed by atoms with Gasteiger partial charge in [0.1, 0.15) is 0 Å². The van der Waals surface area contributed by atoms with Crippen LogP contribution in [-0.4, -0.2) is 6.03 Å². The molecule has 96 valence electrons. The van der Waals surface area contributed by atoms with E-state index in [1.165, 1.54) is 0 Å². The number of rotatable bonds is 2. The van der Waals surface area contributed by atoms with Gasteiger partial charge in [0.25, 0.3) is 0 Å². The van der Waals surface area contributed by atoms with Crippen molar-refractivity contribution in [2.75, 3.05) is 5.32 Å². The van der Waals surface area contributed by atoms with E-state index in [4.69, 9.17) is 0 Å². The first-order valence-electron chi connectivity index (χ1n) is 6.01. The third-order valence-corrected chi connectivity index (χ3v) is 2.86. The zero-order valence-electron chi connectivity index (χ0n) is 10.9. The van der Waals surface area contributed by atoms with Gasteiger partial charge in [-0.3, -0.25) is 0 Å². The minimum Gasteiger partial charge on any atom is -0.305 e. The summed E-state index contributed by atoms with van der Waals surface area (Å²) >= 11 is 0. The maximum absolute atomic E-state index is 11.7. The Balaban J connectivity index is 2.06. The van der Waals surface area contributed by atoms with Crippen LogP contribution in [0.1, 0.15) is 11.1 Å². The molecular formula is C15H15N3O. The molecule has 2 amide bonds. The lowest BCUT2D eigenvalue weighted by atomic mass is 10.1. The van der Waals surface area contributed by atoms with Crippen molar-refractivity contribution in [3.63, 3.8) is 0 Å². The summed E-state index contributed by atoms with van der Waals surface area (Å²) in [5.74, 6) is 0. The molecular weight excluding hydrogens is 238 g/mol. The average Bonchev–Trinajstić information content (AvgIpc) is 2.43. The van der Waals surface area contributed by atoms with Crippen LogP contribution in [0.2, 0.25) is 0 Å².